The predicted octanol–water partition coefficient (Wildman–Crippen LogP) is 2.77. The number of thiazole rings is 1. The van der Waals surface area contributed by atoms with Crippen LogP contribution in [-0.4, -0.2) is 29.1 Å². The van der Waals surface area contributed by atoms with Crippen LogP contribution in [0.4, 0.5) is 0 Å². The molecule has 136 valence electrons. The Morgan fingerprint density at radius 1 is 1.30 bits per heavy atom. The van der Waals surface area contributed by atoms with Gasteiger partial charge in [0.25, 0.3) is 5.56 Å². The summed E-state index contributed by atoms with van der Waals surface area (Å²) in [5.74, 6) is 0.00773. The van der Waals surface area contributed by atoms with Gasteiger partial charge in [0, 0.05) is 10.0 Å². The average Bonchev–Trinajstić information content (AvgIpc) is 3.17. The fourth-order valence-electron chi connectivity index (χ4n) is 2.71. The van der Waals surface area contributed by atoms with Gasteiger partial charge in [0.1, 0.15) is 5.75 Å². The van der Waals surface area contributed by atoms with Crippen molar-refractivity contribution in [1.82, 2.24) is 9.38 Å². The van der Waals surface area contributed by atoms with Crippen LogP contribution in [0, 0.1) is 0 Å². The Morgan fingerprint density at radius 2 is 2.11 bits per heavy atom. The lowest BCUT2D eigenvalue weighted by Crippen LogP contribution is -2.22. The number of nitrogens with zero attached hydrogens (tertiary/aromatic N) is 2. The molecule has 8 heteroatoms. The second kappa shape index (κ2) is 7.13. The zero-order valence-electron chi connectivity index (χ0n) is 14.1. The van der Waals surface area contributed by atoms with Crippen molar-refractivity contribution in [3.63, 3.8) is 0 Å². The molecule has 27 heavy (non-hydrogen) atoms. The molecular formula is C19H13BrN2O4S. The van der Waals surface area contributed by atoms with Crippen LogP contribution >= 0.6 is 27.3 Å². The van der Waals surface area contributed by atoms with Gasteiger partial charge in [-0.15, -0.1) is 0 Å². The summed E-state index contributed by atoms with van der Waals surface area (Å²) in [6, 6.07) is 12.9. The minimum Gasteiger partial charge on any atom is -0.481 e. The maximum atomic E-state index is 12.9. The number of methoxy groups -OCH3 is 1. The molecular weight excluding hydrogens is 432 g/mol. The van der Waals surface area contributed by atoms with E-state index in [1.807, 2.05) is 30.3 Å². The predicted molar refractivity (Wildman–Crippen MR) is 107 cm³/mol. The average molecular weight is 445 g/mol. The van der Waals surface area contributed by atoms with Gasteiger partial charge >= 0.3 is 5.97 Å². The lowest BCUT2D eigenvalue weighted by Gasteiger charge is -2.08. The minimum absolute atomic E-state index is 0.136. The molecule has 2 aromatic carbocycles. The van der Waals surface area contributed by atoms with Crippen LogP contribution in [0.25, 0.3) is 22.1 Å². The number of fused-ring (bicyclic) bond motifs is 3. The second-order valence-corrected chi connectivity index (χ2v) is 7.61. The molecule has 2 heterocycles. The van der Waals surface area contributed by atoms with Crippen molar-refractivity contribution in [3.05, 3.63) is 67.4 Å². The zero-order valence-corrected chi connectivity index (χ0v) is 16.5. The van der Waals surface area contributed by atoms with E-state index in [1.54, 1.807) is 22.6 Å². The standard InChI is InChI=1S/C19H13BrN2O4S/c1-25-17(23)10-26-15-7-6-12(20)8-11(15)9-16-18(24)22-14-5-3-2-4-13(14)21-19(22)27-16/h2-9H,10H2,1H3/b16-9-. The molecule has 6 nitrogen and oxygen atoms in total. The van der Waals surface area contributed by atoms with E-state index in [0.717, 1.165) is 15.5 Å². The third-order valence-electron chi connectivity index (χ3n) is 3.98. The number of halogens is 1. The van der Waals surface area contributed by atoms with E-state index in [1.165, 1.54) is 18.4 Å². The van der Waals surface area contributed by atoms with Crippen molar-refractivity contribution in [1.29, 1.82) is 0 Å². The highest BCUT2D eigenvalue weighted by Gasteiger charge is 2.12. The van der Waals surface area contributed by atoms with Crippen molar-refractivity contribution in [2.45, 2.75) is 0 Å². The van der Waals surface area contributed by atoms with Crippen LogP contribution in [0.5, 0.6) is 5.75 Å². The second-order valence-electron chi connectivity index (χ2n) is 5.68. The van der Waals surface area contributed by atoms with Gasteiger partial charge in [-0.05, 0) is 36.4 Å². The molecule has 0 atom stereocenters. The first kappa shape index (κ1) is 17.7. The van der Waals surface area contributed by atoms with Gasteiger partial charge in [0.2, 0.25) is 0 Å². The van der Waals surface area contributed by atoms with Gasteiger partial charge in [-0.2, -0.15) is 0 Å². The molecule has 4 rings (SSSR count). The number of ether oxygens (including phenoxy) is 2. The summed E-state index contributed by atoms with van der Waals surface area (Å²) >= 11 is 4.73. The quantitative estimate of drug-likeness (QED) is 0.452. The normalized spacial score (nSPS) is 12.0. The van der Waals surface area contributed by atoms with Gasteiger partial charge in [-0.1, -0.05) is 39.4 Å². The van der Waals surface area contributed by atoms with Gasteiger partial charge in [-0.25, -0.2) is 14.2 Å². The molecule has 2 aromatic heterocycles. The summed E-state index contributed by atoms with van der Waals surface area (Å²) in [6.07, 6.45) is 1.74. The molecule has 4 aromatic rings. The van der Waals surface area contributed by atoms with Crippen LogP contribution < -0.4 is 14.8 Å². The van der Waals surface area contributed by atoms with Crippen molar-refractivity contribution in [3.8, 4) is 5.75 Å². The van der Waals surface area contributed by atoms with Crippen LogP contribution in [0.2, 0.25) is 0 Å². The van der Waals surface area contributed by atoms with Crippen molar-refractivity contribution < 1.29 is 14.3 Å². The van der Waals surface area contributed by atoms with E-state index in [4.69, 9.17) is 4.74 Å². The maximum Gasteiger partial charge on any atom is 0.343 e. The highest BCUT2D eigenvalue weighted by Crippen LogP contribution is 2.24. The van der Waals surface area contributed by atoms with Crippen molar-refractivity contribution >= 4 is 55.3 Å². The number of imidazole rings is 1. The summed E-state index contributed by atoms with van der Waals surface area (Å²) in [5, 5.41) is 0. The zero-order chi connectivity index (χ0) is 19.0. The van der Waals surface area contributed by atoms with Crippen molar-refractivity contribution in [2.24, 2.45) is 0 Å². The smallest absolute Gasteiger partial charge is 0.343 e. The van der Waals surface area contributed by atoms with E-state index < -0.39 is 5.97 Å². The highest BCUT2D eigenvalue weighted by molar-refractivity contribution is 9.10. The fourth-order valence-corrected chi connectivity index (χ4v) is 4.07. The Bertz CT molecular complexity index is 1280. The lowest BCUT2D eigenvalue weighted by atomic mass is 10.2. The fraction of sp³-hybridized carbons (Fsp3) is 0.105. The molecule has 0 saturated carbocycles. The summed E-state index contributed by atoms with van der Waals surface area (Å²) in [4.78, 5) is 29.4. The molecule has 0 aliphatic carbocycles. The molecule has 0 aliphatic rings. The summed E-state index contributed by atoms with van der Waals surface area (Å²) in [6.45, 7) is -0.207. The summed E-state index contributed by atoms with van der Waals surface area (Å²) in [5.41, 5.74) is 2.11. The Labute approximate surface area is 165 Å². The Kier molecular flexibility index (Phi) is 4.67. The van der Waals surface area contributed by atoms with Crippen LogP contribution in [0.3, 0.4) is 0 Å². The van der Waals surface area contributed by atoms with Gasteiger partial charge in [0.05, 0.1) is 22.7 Å². The van der Waals surface area contributed by atoms with Gasteiger partial charge < -0.3 is 9.47 Å². The minimum atomic E-state index is -0.477. The number of aromatic nitrogens is 2. The largest absolute Gasteiger partial charge is 0.481 e. The van der Waals surface area contributed by atoms with E-state index in [2.05, 4.69) is 25.7 Å². The molecule has 0 amide bonds. The number of hydrogen-bond donors (Lipinski definition) is 0. The third-order valence-corrected chi connectivity index (χ3v) is 5.44. The lowest BCUT2D eigenvalue weighted by molar-refractivity contribution is -0.142. The molecule has 0 bridgehead atoms. The van der Waals surface area contributed by atoms with Crippen LogP contribution in [0.15, 0.2) is 51.7 Å². The summed E-state index contributed by atoms with van der Waals surface area (Å²) in [7, 11) is 1.30. The molecule has 0 saturated heterocycles. The van der Waals surface area contributed by atoms with Gasteiger partial charge in [-0.3, -0.25) is 4.79 Å². The van der Waals surface area contributed by atoms with Crippen LogP contribution in [0.1, 0.15) is 5.56 Å². The number of hydrogen-bond acceptors (Lipinski definition) is 6. The number of esters is 1. The summed E-state index contributed by atoms with van der Waals surface area (Å²) < 4.78 is 13.1. The number of carbonyl (C=O) groups excluding carboxylic acids is 1. The molecule has 0 aliphatic heterocycles. The van der Waals surface area contributed by atoms with E-state index in [9.17, 15) is 9.59 Å². The first-order valence-corrected chi connectivity index (χ1v) is 9.58. The molecule has 0 unspecified atom stereocenters. The number of para-hydroxylation sites is 2. The number of rotatable bonds is 4. The topological polar surface area (TPSA) is 69.9 Å². The third kappa shape index (κ3) is 3.33. The maximum absolute atomic E-state index is 12.9. The van der Waals surface area contributed by atoms with Crippen LogP contribution in [-0.2, 0) is 9.53 Å². The molecule has 0 N–H and O–H groups in total. The Balaban J connectivity index is 1.84. The highest BCUT2D eigenvalue weighted by atomic mass is 79.9. The van der Waals surface area contributed by atoms with E-state index >= 15 is 0 Å². The molecule has 0 spiro atoms. The SMILES string of the molecule is COC(=O)COc1ccc(Br)cc1/C=c1\sc2nc3ccccc3n2c1=O. The molecule has 0 radical (unpaired) electrons. The Hall–Kier alpha value is -2.71. The Morgan fingerprint density at radius 3 is 2.93 bits per heavy atom. The van der Waals surface area contributed by atoms with Gasteiger partial charge in [0.15, 0.2) is 11.6 Å². The number of benzene rings is 2. The van der Waals surface area contributed by atoms with E-state index in [0.29, 0.717) is 20.8 Å². The van der Waals surface area contributed by atoms with Crippen molar-refractivity contribution in [2.75, 3.05) is 13.7 Å². The first-order chi connectivity index (χ1) is 13.1. The van der Waals surface area contributed by atoms with E-state index in [-0.39, 0.29) is 12.2 Å². The first-order valence-electron chi connectivity index (χ1n) is 7.97. The number of carbonyl (C=O) groups is 1. The monoisotopic (exact) mass is 444 g/mol. The molecule has 0 fully saturated rings.